The summed E-state index contributed by atoms with van der Waals surface area (Å²) in [5, 5.41) is 2.28. The number of aryl methyl sites for hydroxylation is 2. The van der Waals surface area contributed by atoms with Crippen LogP contribution in [0.15, 0.2) is 199 Å². The molecule has 9 aromatic rings. The first-order valence-corrected chi connectivity index (χ1v) is 19.8. The lowest BCUT2D eigenvalue weighted by molar-refractivity contribution is 0.508. The number of para-hydroxylation sites is 3. The van der Waals surface area contributed by atoms with Gasteiger partial charge in [-0.15, -0.1) is 0 Å². The molecule has 3 heteroatoms. The van der Waals surface area contributed by atoms with Crippen molar-refractivity contribution in [2.24, 2.45) is 0 Å². The van der Waals surface area contributed by atoms with E-state index in [1.54, 1.807) is 0 Å². The van der Waals surface area contributed by atoms with Gasteiger partial charge in [-0.3, -0.25) is 0 Å². The summed E-state index contributed by atoms with van der Waals surface area (Å²) in [5.41, 5.74) is 16.9. The van der Waals surface area contributed by atoms with Gasteiger partial charge in [-0.25, -0.2) is 0 Å². The Bertz CT molecular complexity index is 2880. The second-order valence-corrected chi connectivity index (χ2v) is 15.2. The molecule has 268 valence electrons. The first kappa shape index (κ1) is 32.6. The standard InChI is InChI=1S/C53H40N2O/c1-4-15-37(16-5-1)40-19-12-24-43(35-40)54(41-20-6-2-7-21-41)47-26-13-17-38-31-33-53(51(38)47)34-32-39-18-14-27-48(52(39)53)55(42-22-8-3-9-23-42)44-29-30-46-45-25-10-11-28-49(45)56-50(46)36-44/h1-30,35-36H,31-34H2/t53-/m1/s1. The van der Waals surface area contributed by atoms with Crippen molar-refractivity contribution < 1.29 is 4.42 Å². The summed E-state index contributed by atoms with van der Waals surface area (Å²) >= 11 is 0. The van der Waals surface area contributed by atoms with Crippen LogP contribution in [-0.4, -0.2) is 0 Å². The van der Waals surface area contributed by atoms with E-state index < -0.39 is 0 Å². The number of fused-ring (bicyclic) bond motifs is 7. The number of nitrogens with zero attached hydrogens (tertiary/aromatic N) is 2. The van der Waals surface area contributed by atoms with Gasteiger partial charge in [-0.1, -0.05) is 121 Å². The smallest absolute Gasteiger partial charge is 0.137 e. The molecule has 0 aliphatic heterocycles. The minimum Gasteiger partial charge on any atom is -0.456 e. The summed E-state index contributed by atoms with van der Waals surface area (Å²) < 4.78 is 6.48. The van der Waals surface area contributed by atoms with E-state index in [4.69, 9.17) is 4.42 Å². The first-order chi connectivity index (χ1) is 27.7. The van der Waals surface area contributed by atoms with E-state index in [0.717, 1.165) is 70.4 Å². The molecule has 1 heterocycles. The van der Waals surface area contributed by atoms with Crippen LogP contribution in [-0.2, 0) is 18.3 Å². The van der Waals surface area contributed by atoms with E-state index in [1.165, 1.54) is 44.8 Å². The van der Waals surface area contributed by atoms with Crippen molar-refractivity contribution in [3.63, 3.8) is 0 Å². The Hall–Kier alpha value is -6.84. The highest BCUT2D eigenvalue weighted by Gasteiger charge is 2.49. The molecule has 1 spiro atoms. The van der Waals surface area contributed by atoms with Crippen LogP contribution >= 0.6 is 0 Å². The Morgan fingerprint density at radius 1 is 0.375 bits per heavy atom. The van der Waals surface area contributed by atoms with Crippen molar-refractivity contribution in [1.29, 1.82) is 0 Å². The Morgan fingerprint density at radius 2 is 0.875 bits per heavy atom. The summed E-state index contributed by atoms with van der Waals surface area (Å²) in [6.45, 7) is 0. The minimum absolute atomic E-state index is 0.168. The van der Waals surface area contributed by atoms with Crippen molar-refractivity contribution in [1.82, 2.24) is 0 Å². The van der Waals surface area contributed by atoms with Crippen LogP contribution in [0.2, 0.25) is 0 Å². The lowest BCUT2D eigenvalue weighted by Gasteiger charge is -2.37. The molecule has 1 atom stereocenters. The molecule has 2 aliphatic rings. The minimum atomic E-state index is -0.168. The maximum Gasteiger partial charge on any atom is 0.137 e. The number of hydrogen-bond donors (Lipinski definition) is 0. The lowest BCUT2D eigenvalue weighted by atomic mass is 9.74. The number of hydrogen-bond acceptors (Lipinski definition) is 3. The fraction of sp³-hybridized carbons (Fsp3) is 0.0943. The summed E-state index contributed by atoms with van der Waals surface area (Å²) in [7, 11) is 0. The highest BCUT2D eigenvalue weighted by molar-refractivity contribution is 6.06. The van der Waals surface area contributed by atoms with Gasteiger partial charge >= 0.3 is 0 Å². The molecule has 56 heavy (non-hydrogen) atoms. The molecule has 11 rings (SSSR count). The molecule has 2 aliphatic carbocycles. The third-order valence-corrected chi connectivity index (χ3v) is 12.2. The second-order valence-electron chi connectivity index (χ2n) is 15.2. The molecule has 0 saturated heterocycles. The van der Waals surface area contributed by atoms with Crippen molar-refractivity contribution >= 4 is 56.1 Å². The highest BCUT2D eigenvalue weighted by atomic mass is 16.3. The molecule has 0 bridgehead atoms. The van der Waals surface area contributed by atoms with Crippen molar-refractivity contribution in [3.05, 3.63) is 216 Å². The van der Waals surface area contributed by atoms with Crippen LogP contribution in [0.5, 0.6) is 0 Å². The van der Waals surface area contributed by atoms with Gasteiger partial charge in [0.1, 0.15) is 11.2 Å². The summed E-state index contributed by atoms with van der Waals surface area (Å²) in [6.07, 6.45) is 4.22. The summed E-state index contributed by atoms with van der Waals surface area (Å²) in [6, 6.07) is 70.6. The number of benzene rings is 8. The van der Waals surface area contributed by atoms with E-state index >= 15 is 0 Å². The van der Waals surface area contributed by atoms with Crippen LogP contribution in [0.1, 0.15) is 35.1 Å². The predicted octanol–water partition coefficient (Wildman–Crippen LogP) is 14.4. The molecule has 0 unspecified atom stereocenters. The number of rotatable bonds is 7. The predicted molar refractivity (Wildman–Crippen MR) is 232 cm³/mol. The van der Waals surface area contributed by atoms with Crippen LogP contribution in [0.4, 0.5) is 34.1 Å². The molecule has 0 radical (unpaired) electrons. The van der Waals surface area contributed by atoms with E-state index in [-0.39, 0.29) is 5.41 Å². The molecule has 0 amide bonds. The SMILES string of the molecule is c1ccc(-c2cccc(N(c3ccccc3)c3cccc4c3[C@@]3(CC4)CCc4cccc(N(c5ccccc5)c5ccc6c(c5)oc5ccccc56)c43)c2)cc1. The fourth-order valence-corrected chi connectivity index (χ4v) is 9.83. The highest BCUT2D eigenvalue weighted by Crippen LogP contribution is 2.60. The van der Waals surface area contributed by atoms with Crippen LogP contribution in [0.25, 0.3) is 33.1 Å². The summed E-state index contributed by atoms with van der Waals surface area (Å²) in [4.78, 5) is 4.97. The van der Waals surface area contributed by atoms with E-state index in [1.807, 2.05) is 6.07 Å². The Balaban J connectivity index is 1.12. The average Bonchev–Trinajstić information content (AvgIpc) is 3.96. The van der Waals surface area contributed by atoms with Gasteiger partial charge in [0.25, 0.3) is 0 Å². The van der Waals surface area contributed by atoms with Crippen LogP contribution < -0.4 is 9.80 Å². The zero-order valence-electron chi connectivity index (χ0n) is 31.1. The zero-order chi connectivity index (χ0) is 37.1. The average molecular weight is 721 g/mol. The molecule has 0 fully saturated rings. The van der Waals surface area contributed by atoms with Gasteiger partial charge in [-0.2, -0.15) is 0 Å². The molecule has 0 saturated carbocycles. The van der Waals surface area contributed by atoms with Crippen LogP contribution in [0, 0.1) is 0 Å². The van der Waals surface area contributed by atoms with Gasteiger partial charge in [-0.05, 0) is 126 Å². The largest absolute Gasteiger partial charge is 0.456 e. The van der Waals surface area contributed by atoms with Crippen molar-refractivity contribution in [3.8, 4) is 11.1 Å². The zero-order valence-corrected chi connectivity index (χ0v) is 31.1. The normalized spacial score (nSPS) is 15.6. The van der Waals surface area contributed by atoms with Crippen molar-refractivity contribution in [2.75, 3.05) is 9.80 Å². The van der Waals surface area contributed by atoms with Crippen molar-refractivity contribution in [2.45, 2.75) is 31.1 Å². The van der Waals surface area contributed by atoms with E-state index in [0.29, 0.717) is 0 Å². The lowest BCUT2D eigenvalue weighted by Crippen LogP contribution is -2.27. The third-order valence-electron chi connectivity index (χ3n) is 12.2. The van der Waals surface area contributed by atoms with Gasteiger partial charge in [0.15, 0.2) is 0 Å². The molecule has 8 aromatic carbocycles. The second kappa shape index (κ2) is 13.2. The molecular weight excluding hydrogens is 681 g/mol. The monoisotopic (exact) mass is 720 g/mol. The maximum absolute atomic E-state index is 6.48. The molecule has 0 N–H and O–H groups in total. The molecule has 3 nitrogen and oxygen atoms in total. The Labute approximate surface area is 327 Å². The Morgan fingerprint density at radius 3 is 1.52 bits per heavy atom. The van der Waals surface area contributed by atoms with Gasteiger partial charge in [0.2, 0.25) is 0 Å². The fourth-order valence-electron chi connectivity index (χ4n) is 9.83. The number of anilines is 6. The van der Waals surface area contributed by atoms with Gasteiger partial charge in [0.05, 0.1) is 11.4 Å². The Kier molecular flexibility index (Phi) is 7.67. The third kappa shape index (κ3) is 5.19. The molecular formula is C53H40N2O. The van der Waals surface area contributed by atoms with E-state index in [2.05, 4.69) is 198 Å². The number of furan rings is 1. The quantitative estimate of drug-likeness (QED) is 0.163. The topological polar surface area (TPSA) is 19.6 Å². The van der Waals surface area contributed by atoms with E-state index in [9.17, 15) is 0 Å². The summed E-state index contributed by atoms with van der Waals surface area (Å²) in [5.74, 6) is 0. The van der Waals surface area contributed by atoms with Gasteiger partial charge in [0, 0.05) is 45.0 Å². The first-order valence-electron chi connectivity index (χ1n) is 19.8. The van der Waals surface area contributed by atoms with Gasteiger partial charge < -0.3 is 14.2 Å². The maximum atomic E-state index is 6.48. The molecule has 1 aromatic heterocycles. The van der Waals surface area contributed by atoms with Crippen LogP contribution in [0.3, 0.4) is 0 Å².